The number of rotatable bonds is 3. The summed E-state index contributed by atoms with van der Waals surface area (Å²) < 4.78 is 1.32. The maximum Gasteiger partial charge on any atom is 0.263 e. The molecule has 0 radical (unpaired) electrons. The Morgan fingerprint density at radius 3 is 2.83 bits per heavy atom. The van der Waals surface area contributed by atoms with E-state index in [0.717, 1.165) is 15.3 Å². The van der Waals surface area contributed by atoms with Crippen LogP contribution in [-0.4, -0.2) is 27.9 Å². The Morgan fingerprint density at radius 2 is 2.03 bits per heavy atom. The highest BCUT2D eigenvalue weighted by Crippen LogP contribution is 2.35. The first kappa shape index (κ1) is 18.7. The first-order valence-corrected chi connectivity index (χ1v) is 10.9. The van der Waals surface area contributed by atoms with E-state index in [4.69, 9.17) is 0 Å². The molecule has 3 aromatic heterocycles. The molecule has 2 amide bonds. The van der Waals surface area contributed by atoms with Gasteiger partial charge in [-0.25, -0.2) is 4.98 Å². The van der Waals surface area contributed by atoms with Crippen LogP contribution in [0.1, 0.15) is 4.88 Å². The van der Waals surface area contributed by atoms with Crippen LogP contribution in [0.4, 0.5) is 11.4 Å². The molecule has 7 nitrogen and oxygen atoms in total. The van der Waals surface area contributed by atoms with Crippen molar-refractivity contribution in [1.29, 1.82) is 0 Å². The van der Waals surface area contributed by atoms with Gasteiger partial charge in [-0.3, -0.25) is 23.9 Å². The number of carbonyl (C=O) groups excluding carboxylic acids is 2. The van der Waals surface area contributed by atoms with Crippen molar-refractivity contribution < 1.29 is 9.59 Å². The van der Waals surface area contributed by atoms with Gasteiger partial charge in [0.2, 0.25) is 11.8 Å². The van der Waals surface area contributed by atoms with Gasteiger partial charge >= 0.3 is 0 Å². The molecule has 0 bridgehead atoms. The molecule has 4 heterocycles. The van der Waals surface area contributed by atoms with Crippen molar-refractivity contribution in [1.82, 2.24) is 9.55 Å². The number of aromatic nitrogens is 2. The SMILES string of the molecule is Cc1ccc(-c2csc3ncn(CC(=O)N4CC(=O)Nc5ccccc54)c(=O)c23)s1. The average molecular weight is 437 g/mol. The van der Waals surface area contributed by atoms with Crippen LogP contribution < -0.4 is 15.8 Å². The van der Waals surface area contributed by atoms with E-state index < -0.39 is 0 Å². The Bertz CT molecular complexity index is 1370. The lowest BCUT2D eigenvalue weighted by atomic mass is 10.2. The molecule has 1 aliphatic rings. The number of anilines is 2. The molecular formula is C21H16N4O3S2. The maximum atomic E-state index is 13.2. The van der Waals surface area contributed by atoms with Crippen molar-refractivity contribution in [2.24, 2.45) is 0 Å². The Kier molecular flexibility index (Phi) is 4.48. The van der Waals surface area contributed by atoms with E-state index in [2.05, 4.69) is 10.3 Å². The number of thiophene rings is 2. The zero-order valence-corrected chi connectivity index (χ0v) is 17.5. The number of para-hydroxylation sites is 2. The second-order valence-corrected chi connectivity index (χ2v) is 9.11. The fourth-order valence-corrected chi connectivity index (χ4v) is 5.39. The van der Waals surface area contributed by atoms with Crippen LogP contribution in [-0.2, 0) is 16.1 Å². The van der Waals surface area contributed by atoms with Crippen LogP contribution >= 0.6 is 22.7 Å². The van der Waals surface area contributed by atoms with E-state index in [9.17, 15) is 14.4 Å². The minimum absolute atomic E-state index is 0.0849. The van der Waals surface area contributed by atoms with E-state index in [-0.39, 0.29) is 30.5 Å². The Balaban J connectivity index is 1.52. The normalized spacial score (nSPS) is 13.4. The molecule has 30 heavy (non-hydrogen) atoms. The summed E-state index contributed by atoms with van der Waals surface area (Å²) in [5, 5.41) is 5.21. The summed E-state index contributed by atoms with van der Waals surface area (Å²) in [4.78, 5) is 46.8. The van der Waals surface area contributed by atoms with Crippen molar-refractivity contribution >= 4 is 56.1 Å². The quantitative estimate of drug-likeness (QED) is 0.533. The third-order valence-corrected chi connectivity index (χ3v) is 6.86. The average Bonchev–Trinajstić information content (AvgIpc) is 3.35. The molecule has 4 aromatic rings. The predicted octanol–water partition coefficient (Wildman–Crippen LogP) is 3.48. The standard InChI is InChI=1S/C21H16N4O3S2/c1-12-6-7-16(30-12)13-10-29-20-19(13)21(28)24(11-22-20)9-18(27)25-8-17(26)23-14-4-2-3-5-15(14)25/h2-7,10-11H,8-9H2,1H3,(H,23,26). The van der Waals surface area contributed by atoms with E-state index in [1.54, 1.807) is 35.6 Å². The summed E-state index contributed by atoms with van der Waals surface area (Å²) in [6, 6.07) is 11.1. The van der Waals surface area contributed by atoms with Gasteiger partial charge in [0, 0.05) is 20.7 Å². The molecule has 0 spiro atoms. The number of benzene rings is 1. The van der Waals surface area contributed by atoms with Gasteiger partial charge < -0.3 is 5.32 Å². The highest BCUT2D eigenvalue weighted by atomic mass is 32.1. The van der Waals surface area contributed by atoms with Gasteiger partial charge in [0.05, 0.1) is 23.1 Å². The molecule has 150 valence electrons. The molecule has 9 heteroatoms. The smallest absolute Gasteiger partial charge is 0.263 e. The molecule has 1 N–H and O–H groups in total. The fourth-order valence-electron chi connectivity index (χ4n) is 3.53. The van der Waals surface area contributed by atoms with E-state index in [1.165, 1.54) is 27.1 Å². The van der Waals surface area contributed by atoms with Gasteiger partial charge in [-0.15, -0.1) is 22.7 Å². The molecule has 1 aliphatic heterocycles. The minimum Gasteiger partial charge on any atom is -0.323 e. The van der Waals surface area contributed by atoms with Gasteiger partial charge in [-0.2, -0.15) is 0 Å². The summed E-state index contributed by atoms with van der Waals surface area (Å²) in [5.74, 6) is -0.611. The summed E-state index contributed by atoms with van der Waals surface area (Å²) in [6.07, 6.45) is 1.40. The lowest BCUT2D eigenvalue weighted by Crippen LogP contribution is -2.44. The molecule has 0 saturated carbocycles. The molecule has 5 rings (SSSR count). The summed E-state index contributed by atoms with van der Waals surface area (Å²) in [5.41, 5.74) is 1.78. The maximum absolute atomic E-state index is 13.2. The highest BCUT2D eigenvalue weighted by molar-refractivity contribution is 7.19. The first-order valence-electron chi connectivity index (χ1n) is 9.24. The number of carbonyl (C=O) groups is 2. The summed E-state index contributed by atoms with van der Waals surface area (Å²) in [7, 11) is 0. The lowest BCUT2D eigenvalue weighted by molar-refractivity contribution is -0.122. The Hall–Kier alpha value is -3.30. The number of fused-ring (bicyclic) bond motifs is 2. The summed E-state index contributed by atoms with van der Waals surface area (Å²) in [6.45, 7) is 1.74. The number of aryl methyl sites for hydroxylation is 1. The molecular weight excluding hydrogens is 420 g/mol. The molecule has 0 atom stereocenters. The lowest BCUT2D eigenvalue weighted by Gasteiger charge is -2.29. The second-order valence-electron chi connectivity index (χ2n) is 6.96. The van der Waals surface area contributed by atoms with E-state index in [1.807, 2.05) is 24.4 Å². The fraction of sp³-hybridized carbons (Fsp3) is 0.143. The van der Waals surface area contributed by atoms with Crippen molar-refractivity contribution in [3.63, 3.8) is 0 Å². The summed E-state index contributed by atoms with van der Waals surface area (Å²) >= 11 is 3.03. The van der Waals surface area contributed by atoms with Gasteiger partial charge in [0.15, 0.2) is 0 Å². The van der Waals surface area contributed by atoms with Gasteiger partial charge in [0.1, 0.15) is 17.9 Å². The van der Waals surface area contributed by atoms with Crippen molar-refractivity contribution in [2.45, 2.75) is 13.5 Å². The molecule has 0 saturated heterocycles. The van der Waals surface area contributed by atoms with Crippen LogP contribution in [0, 0.1) is 6.92 Å². The third-order valence-electron chi connectivity index (χ3n) is 4.94. The van der Waals surface area contributed by atoms with E-state index >= 15 is 0 Å². The third kappa shape index (κ3) is 3.12. The van der Waals surface area contributed by atoms with Gasteiger partial charge in [-0.1, -0.05) is 12.1 Å². The Morgan fingerprint density at radius 1 is 1.20 bits per heavy atom. The topological polar surface area (TPSA) is 84.3 Å². The monoisotopic (exact) mass is 436 g/mol. The number of nitrogens with zero attached hydrogens (tertiary/aromatic N) is 3. The highest BCUT2D eigenvalue weighted by Gasteiger charge is 2.27. The zero-order valence-electron chi connectivity index (χ0n) is 15.9. The van der Waals surface area contributed by atoms with Crippen LogP contribution in [0.3, 0.4) is 0 Å². The Labute approximate surface area is 179 Å². The van der Waals surface area contributed by atoms with Crippen LogP contribution in [0.2, 0.25) is 0 Å². The predicted molar refractivity (Wildman–Crippen MR) is 119 cm³/mol. The van der Waals surface area contributed by atoms with Gasteiger partial charge in [-0.05, 0) is 31.2 Å². The first-order chi connectivity index (χ1) is 14.5. The van der Waals surface area contributed by atoms with Crippen LogP contribution in [0.5, 0.6) is 0 Å². The number of hydrogen-bond donors (Lipinski definition) is 1. The zero-order chi connectivity index (χ0) is 20.8. The minimum atomic E-state index is -0.343. The number of hydrogen-bond acceptors (Lipinski definition) is 6. The van der Waals surface area contributed by atoms with Crippen molar-refractivity contribution in [3.05, 3.63) is 63.3 Å². The number of amides is 2. The van der Waals surface area contributed by atoms with Crippen LogP contribution in [0.25, 0.3) is 20.7 Å². The second kappa shape index (κ2) is 7.19. The van der Waals surface area contributed by atoms with Gasteiger partial charge in [0.25, 0.3) is 5.56 Å². The van der Waals surface area contributed by atoms with E-state index in [0.29, 0.717) is 21.6 Å². The molecule has 0 aliphatic carbocycles. The molecule has 1 aromatic carbocycles. The number of nitrogens with one attached hydrogen (secondary N) is 1. The van der Waals surface area contributed by atoms with Crippen molar-refractivity contribution in [3.8, 4) is 10.4 Å². The van der Waals surface area contributed by atoms with Crippen LogP contribution in [0.15, 0.2) is 52.9 Å². The van der Waals surface area contributed by atoms with Crippen molar-refractivity contribution in [2.75, 3.05) is 16.8 Å². The largest absolute Gasteiger partial charge is 0.323 e. The molecule has 0 unspecified atom stereocenters. The molecule has 0 fully saturated rings.